The van der Waals surface area contributed by atoms with Crippen molar-refractivity contribution in [2.45, 2.75) is 13.3 Å². The summed E-state index contributed by atoms with van der Waals surface area (Å²) >= 11 is 0. The first-order valence-corrected chi connectivity index (χ1v) is 9.66. The van der Waals surface area contributed by atoms with Crippen LogP contribution in [0.15, 0.2) is 48.5 Å². The summed E-state index contributed by atoms with van der Waals surface area (Å²) in [5.41, 5.74) is 2.25. The van der Waals surface area contributed by atoms with E-state index in [1.165, 1.54) is 12.1 Å². The predicted molar refractivity (Wildman–Crippen MR) is 96.5 cm³/mol. The van der Waals surface area contributed by atoms with Crippen LogP contribution in [0.2, 0.25) is 0 Å². The van der Waals surface area contributed by atoms with Crippen molar-refractivity contribution < 1.29 is 17.6 Å². The second kappa shape index (κ2) is 8.11. The zero-order chi connectivity index (χ0) is 18.4. The van der Waals surface area contributed by atoms with Crippen LogP contribution in [0.25, 0.3) is 0 Å². The number of aryl methyl sites for hydroxylation is 1. The van der Waals surface area contributed by atoms with Crippen LogP contribution in [0.1, 0.15) is 11.1 Å². The molecule has 0 aliphatic carbocycles. The third kappa shape index (κ3) is 5.86. The van der Waals surface area contributed by atoms with Gasteiger partial charge in [-0.15, -0.1) is 0 Å². The van der Waals surface area contributed by atoms with Gasteiger partial charge in [0.05, 0.1) is 11.9 Å². The Bertz CT molecular complexity index is 836. The first-order chi connectivity index (χ1) is 11.8. The SMILES string of the molecule is Cc1cccc(N(CC(=O)NCCc2ccc(F)cc2)S(C)(=O)=O)c1. The zero-order valence-corrected chi connectivity index (χ0v) is 15.0. The molecule has 0 aliphatic heterocycles. The van der Waals surface area contributed by atoms with Gasteiger partial charge >= 0.3 is 0 Å². The van der Waals surface area contributed by atoms with E-state index in [9.17, 15) is 17.6 Å². The van der Waals surface area contributed by atoms with Crippen LogP contribution in [0.3, 0.4) is 0 Å². The lowest BCUT2D eigenvalue weighted by Gasteiger charge is -2.22. The fourth-order valence-corrected chi connectivity index (χ4v) is 3.22. The summed E-state index contributed by atoms with van der Waals surface area (Å²) in [4.78, 5) is 12.1. The van der Waals surface area contributed by atoms with E-state index >= 15 is 0 Å². The summed E-state index contributed by atoms with van der Waals surface area (Å²) in [7, 11) is -3.58. The van der Waals surface area contributed by atoms with Crippen molar-refractivity contribution >= 4 is 21.6 Å². The lowest BCUT2D eigenvalue weighted by atomic mass is 10.1. The topological polar surface area (TPSA) is 66.5 Å². The monoisotopic (exact) mass is 364 g/mol. The zero-order valence-electron chi connectivity index (χ0n) is 14.2. The number of amides is 1. The average Bonchev–Trinajstić information content (AvgIpc) is 2.53. The second-order valence-electron chi connectivity index (χ2n) is 5.84. The van der Waals surface area contributed by atoms with Crippen molar-refractivity contribution in [1.29, 1.82) is 0 Å². The molecule has 5 nitrogen and oxygen atoms in total. The van der Waals surface area contributed by atoms with Gasteiger partial charge in [0.2, 0.25) is 15.9 Å². The molecule has 7 heteroatoms. The van der Waals surface area contributed by atoms with Crippen LogP contribution in [-0.4, -0.2) is 33.7 Å². The van der Waals surface area contributed by atoms with Gasteiger partial charge in [-0.05, 0) is 48.7 Å². The summed E-state index contributed by atoms with van der Waals surface area (Å²) in [5.74, 6) is -0.705. The average molecular weight is 364 g/mol. The minimum absolute atomic E-state index is 0.286. The molecule has 1 N–H and O–H groups in total. The van der Waals surface area contributed by atoms with Gasteiger partial charge in [-0.2, -0.15) is 0 Å². The van der Waals surface area contributed by atoms with Gasteiger partial charge in [0, 0.05) is 6.54 Å². The van der Waals surface area contributed by atoms with Gasteiger partial charge in [0.15, 0.2) is 0 Å². The van der Waals surface area contributed by atoms with Crippen LogP contribution in [0.4, 0.5) is 10.1 Å². The molecule has 0 aromatic heterocycles. The predicted octanol–water partition coefficient (Wildman–Crippen LogP) is 2.26. The molecule has 25 heavy (non-hydrogen) atoms. The Balaban J connectivity index is 1.97. The first kappa shape index (κ1) is 18.9. The molecule has 2 aromatic carbocycles. The molecule has 2 aromatic rings. The Morgan fingerprint density at radius 1 is 1.16 bits per heavy atom. The number of carbonyl (C=O) groups excluding carboxylic acids is 1. The maximum Gasteiger partial charge on any atom is 0.240 e. The number of anilines is 1. The van der Waals surface area contributed by atoms with Crippen molar-refractivity contribution in [3.8, 4) is 0 Å². The van der Waals surface area contributed by atoms with Crippen molar-refractivity contribution in [2.75, 3.05) is 23.7 Å². The Morgan fingerprint density at radius 3 is 2.44 bits per heavy atom. The Kier molecular flexibility index (Phi) is 6.14. The van der Waals surface area contributed by atoms with Crippen LogP contribution >= 0.6 is 0 Å². The number of carbonyl (C=O) groups is 1. The molecule has 0 saturated carbocycles. The number of benzene rings is 2. The molecule has 0 spiro atoms. The number of sulfonamides is 1. The number of nitrogens with zero attached hydrogens (tertiary/aromatic N) is 1. The third-order valence-electron chi connectivity index (χ3n) is 3.63. The number of rotatable bonds is 7. The van der Waals surface area contributed by atoms with Crippen LogP contribution in [-0.2, 0) is 21.2 Å². The highest BCUT2D eigenvalue weighted by Crippen LogP contribution is 2.18. The number of halogens is 1. The molecule has 0 unspecified atom stereocenters. The molecule has 0 fully saturated rings. The van der Waals surface area contributed by atoms with Gasteiger partial charge in [-0.25, -0.2) is 12.8 Å². The standard InChI is InChI=1S/C18H21FN2O3S/c1-14-4-3-5-17(12-14)21(25(2,23)24)13-18(22)20-11-10-15-6-8-16(19)9-7-15/h3-9,12H,10-11,13H2,1-2H3,(H,20,22). The Labute approximate surface area is 147 Å². The Hall–Kier alpha value is -2.41. The molecule has 0 saturated heterocycles. The normalized spacial score (nSPS) is 11.2. The largest absolute Gasteiger partial charge is 0.354 e. The van der Waals surface area contributed by atoms with Crippen LogP contribution in [0.5, 0.6) is 0 Å². The molecule has 2 rings (SSSR count). The highest BCUT2D eigenvalue weighted by Gasteiger charge is 2.20. The number of hydrogen-bond donors (Lipinski definition) is 1. The van der Waals surface area contributed by atoms with E-state index in [2.05, 4.69) is 5.32 Å². The van der Waals surface area contributed by atoms with E-state index in [-0.39, 0.29) is 12.4 Å². The third-order valence-corrected chi connectivity index (χ3v) is 4.77. The lowest BCUT2D eigenvalue weighted by Crippen LogP contribution is -2.41. The summed E-state index contributed by atoms with van der Waals surface area (Å²) in [6.45, 7) is 1.91. The van der Waals surface area contributed by atoms with E-state index in [1.54, 1.807) is 30.3 Å². The van der Waals surface area contributed by atoms with E-state index in [0.717, 1.165) is 21.7 Å². The van der Waals surface area contributed by atoms with Crippen molar-refractivity contribution in [1.82, 2.24) is 5.32 Å². The quantitative estimate of drug-likeness (QED) is 0.819. The highest BCUT2D eigenvalue weighted by molar-refractivity contribution is 7.92. The minimum atomic E-state index is -3.58. The number of hydrogen-bond acceptors (Lipinski definition) is 3. The molecule has 0 radical (unpaired) electrons. The highest BCUT2D eigenvalue weighted by atomic mass is 32.2. The maximum atomic E-state index is 12.8. The van der Waals surface area contributed by atoms with E-state index in [0.29, 0.717) is 18.7 Å². The first-order valence-electron chi connectivity index (χ1n) is 7.81. The number of nitrogens with one attached hydrogen (secondary N) is 1. The van der Waals surface area contributed by atoms with Crippen LogP contribution in [0, 0.1) is 12.7 Å². The second-order valence-corrected chi connectivity index (χ2v) is 7.74. The van der Waals surface area contributed by atoms with E-state index < -0.39 is 15.9 Å². The molecule has 134 valence electrons. The molecule has 0 heterocycles. The summed E-state index contributed by atoms with van der Waals surface area (Å²) in [6, 6.07) is 13.0. The fraction of sp³-hybridized carbons (Fsp3) is 0.278. The van der Waals surface area contributed by atoms with Gasteiger partial charge in [0.1, 0.15) is 12.4 Å². The van der Waals surface area contributed by atoms with Gasteiger partial charge in [0.25, 0.3) is 0 Å². The van der Waals surface area contributed by atoms with Gasteiger partial charge in [-0.1, -0.05) is 24.3 Å². The van der Waals surface area contributed by atoms with E-state index in [1.807, 2.05) is 13.0 Å². The maximum absolute atomic E-state index is 12.8. The van der Waals surface area contributed by atoms with Gasteiger partial charge < -0.3 is 5.32 Å². The molecular formula is C18H21FN2O3S. The van der Waals surface area contributed by atoms with Crippen molar-refractivity contribution in [3.63, 3.8) is 0 Å². The van der Waals surface area contributed by atoms with Crippen molar-refractivity contribution in [2.24, 2.45) is 0 Å². The lowest BCUT2D eigenvalue weighted by molar-refractivity contribution is -0.119. The summed E-state index contributed by atoms with van der Waals surface area (Å²) in [6.07, 6.45) is 1.61. The smallest absolute Gasteiger partial charge is 0.240 e. The van der Waals surface area contributed by atoms with E-state index in [4.69, 9.17) is 0 Å². The molecular weight excluding hydrogens is 343 g/mol. The molecule has 0 atom stereocenters. The molecule has 1 amide bonds. The van der Waals surface area contributed by atoms with Gasteiger partial charge in [-0.3, -0.25) is 9.10 Å². The fourth-order valence-electron chi connectivity index (χ4n) is 2.37. The Morgan fingerprint density at radius 2 is 1.84 bits per heavy atom. The van der Waals surface area contributed by atoms with Crippen LogP contribution < -0.4 is 9.62 Å². The van der Waals surface area contributed by atoms with Crippen molar-refractivity contribution in [3.05, 3.63) is 65.5 Å². The molecule has 0 aliphatic rings. The summed E-state index contributed by atoms with van der Waals surface area (Å²) in [5, 5.41) is 2.69. The molecule has 0 bridgehead atoms. The summed E-state index contributed by atoms with van der Waals surface area (Å²) < 4.78 is 38.0. The minimum Gasteiger partial charge on any atom is -0.354 e.